The van der Waals surface area contributed by atoms with E-state index in [0.717, 1.165) is 31.7 Å². The molecule has 0 spiro atoms. The fourth-order valence-electron chi connectivity index (χ4n) is 2.49. The van der Waals surface area contributed by atoms with Gasteiger partial charge in [0, 0.05) is 27.4 Å². The zero-order chi connectivity index (χ0) is 18.1. The smallest absolute Gasteiger partial charge is 0.187 e. The van der Waals surface area contributed by atoms with Crippen molar-refractivity contribution in [2.24, 2.45) is 0 Å². The molecule has 1 N–H and O–H groups in total. The molecule has 0 atom stereocenters. The van der Waals surface area contributed by atoms with Gasteiger partial charge in [-0.25, -0.2) is 15.0 Å². The van der Waals surface area contributed by atoms with E-state index >= 15 is 0 Å². The zero-order valence-electron chi connectivity index (χ0n) is 13.4. The molecule has 0 unspecified atom stereocenters. The average Bonchev–Trinajstić information content (AvgIpc) is 3.31. The second-order valence-corrected chi connectivity index (χ2v) is 7.91. The first-order valence-electron chi connectivity index (χ1n) is 7.48. The van der Waals surface area contributed by atoms with E-state index in [1.807, 2.05) is 24.5 Å². The number of thiophene rings is 1. The Bertz CT molecular complexity index is 1060. The van der Waals surface area contributed by atoms with Gasteiger partial charge in [0.05, 0.1) is 15.4 Å². The molecule has 3 heterocycles. The first-order chi connectivity index (χ1) is 12.7. The van der Waals surface area contributed by atoms with Gasteiger partial charge in [-0.15, -0.1) is 11.3 Å². The van der Waals surface area contributed by atoms with Crippen LogP contribution in [0, 0.1) is 0 Å². The number of benzene rings is 1. The van der Waals surface area contributed by atoms with Crippen LogP contribution in [-0.4, -0.2) is 31.4 Å². The van der Waals surface area contributed by atoms with Crippen molar-refractivity contribution in [3.05, 3.63) is 52.9 Å². The molecule has 26 heavy (non-hydrogen) atoms. The Morgan fingerprint density at radius 1 is 1.08 bits per heavy atom. The highest BCUT2D eigenvalue weighted by atomic mass is 35.5. The number of hydrogen-bond donors (Lipinski definition) is 1. The molecule has 0 fully saturated rings. The summed E-state index contributed by atoms with van der Waals surface area (Å²) in [5.74, 6) is 0.682. The van der Waals surface area contributed by atoms with Gasteiger partial charge in [0.1, 0.15) is 6.33 Å². The quantitative estimate of drug-likeness (QED) is 0.340. The van der Waals surface area contributed by atoms with Crippen LogP contribution in [0.3, 0.4) is 0 Å². The summed E-state index contributed by atoms with van der Waals surface area (Å²) in [6, 6.07) is 9.41. The molecular weight excluding hydrogens is 409 g/mol. The van der Waals surface area contributed by atoms with E-state index in [9.17, 15) is 0 Å². The highest BCUT2D eigenvalue weighted by molar-refractivity contribution is 7.98. The molecule has 0 aliphatic carbocycles. The molecular formula is C17H11Cl2N5S2. The molecule has 0 saturated carbocycles. The molecule has 0 bridgehead atoms. The average molecular weight is 420 g/mol. The molecule has 4 rings (SSSR count). The van der Waals surface area contributed by atoms with Gasteiger partial charge >= 0.3 is 0 Å². The lowest BCUT2D eigenvalue weighted by atomic mass is 10.1. The van der Waals surface area contributed by atoms with Crippen molar-refractivity contribution in [3.63, 3.8) is 0 Å². The highest BCUT2D eigenvalue weighted by Crippen LogP contribution is 2.44. The van der Waals surface area contributed by atoms with E-state index in [1.165, 1.54) is 18.1 Å². The third-order valence-corrected chi connectivity index (χ3v) is 5.93. The fraction of sp³-hybridized carbons (Fsp3) is 0.0588. The van der Waals surface area contributed by atoms with Crippen LogP contribution >= 0.6 is 46.3 Å². The normalized spacial score (nSPS) is 11.0. The van der Waals surface area contributed by atoms with Crippen molar-refractivity contribution in [2.75, 3.05) is 6.26 Å². The second-order valence-electron chi connectivity index (χ2n) is 5.24. The molecule has 0 aliphatic heterocycles. The second kappa shape index (κ2) is 7.36. The maximum absolute atomic E-state index is 6.45. The molecule has 130 valence electrons. The third kappa shape index (κ3) is 3.35. The lowest BCUT2D eigenvalue weighted by Gasteiger charge is -2.05. The summed E-state index contributed by atoms with van der Waals surface area (Å²) in [7, 11) is 0. The third-order valence-electron chi connectivity index (χ3n) is 3.65. The minimum absolute atomic E-state index is 0.579. The van der Waals surface area contributed by atoms with E-state index in [2.05, 4.69) is 31.2 Å². The van der Waals surface area contributed by atoms with Crippen molar-refractivity contribution in [3.8, 4) is 32.4 Å². The number of nitrogens with one attached hydrogen (secondary N) is 1. The van der Waals surface area contributed by atoms with Crippen molar-refractivity contribution < 1.29 is 0 Å². The minimum Gasteiger partial charge on any atom is -0.259 e. The van der Waals surface area contributed by atoms with E-state index in [1.54, 1.807) is 23.6 Å². The Kier molecular flexibility index (Phi) is 4.95. The van der Waals surface area contributed by atoms with E-state index in [4.69, 9.17) is 23.2 Å². The monoisotopic (exact) mass is 419 g/mol. The number of aromatic amines is 1. The van der Waals surface area contributed by atoms with E-state index in [-0.39, 0.29) is 0 Å². The van der Waals surface area contributed by atoms with Crippen molar-refractivity contribution in [1.82, 2.24) is 25.1 Å². The van der Waals surface area contributed by atoms with Gasteiger partial charge < -0.3 is 0 Å². The molecule has 5 nitrogen and oxygen atoms in total. The SMILES string of the molecule is CSc1nccc(-c2cc(-c3ccc(Cl)cc3Cl)c(-c3ncn[nH]3)s2)n1. The predicted octanol–water partition coefficient (Wildman–Crippen LogP) is 5.69. The zero-order valence-corrected chi connectivity index (χ0v) is 16.5. The summed E-state index contributed by atoms with van der Waals surface area (Å²) in [6.07, 6.45) is 5.20. The van der Waals surface area contributed by atoms with E-state index in [0.29, 0.717) is 15.9 Å². The number of H-pyrrole nitrogens is 1. The number of hydrogen-bond acceptors (Lipinski definition) is 6. The number of nitrogens with zero attached hydrogens (tertiary/aromatic N) is 4. The minimum atomic E-state index is 0.579. The van der Waals surface area contributed by atoms with Gasteiger partial charge in [0.15, 0.2) is 11.0 Å². The van der Waals surface area contributed by atoms with Gasteiger partial charge in [-0.05, 0) is 30.5 Å². The molecule has 0 saturated heterocycles. The lowest BCUT2D eigenvalue weighted by molar-refractivity contribution is 0.978. The van der Waals surface area contributed by atoms with Crippen LogP contribution in [0.2, 0.25) is 10.0 Å². The number of rotatable bonds is 4. The summed E-state index contributed by atoms with van der Waals surface area (Å²) < 4.78 is 0. The van der Waals surface area contributed by atoms with Gasteiger partial charge in [-0.3, -0.25) is 5.10 Å². The van der Waals surface area contributed by atoms with Crippen molar-refractivity contribution >= 4 is 46.3 Å². The van der Waals surface area contributed by atoms with Crippen molar-refractivity contribution in [1.29, 1.82) is 0 Å². The number of halogens is 2. The topological polar surface area (TPSA) is 67.3 Å². The Balaban J connectivity index is 1.91. The van der Waals surface area contributed by atoms with E-state index < -0.39 is 0 Å². The van der Waals surface area contributed by atoms with Crippen LogP contribution in [0.5, 0.6) is 0 Å². The molecule has 3 aromatic heterocycles. The first kappa shape index (κ1) is 17.5. The Hall–Kier alpha value is -1.93. The van der Waals surface area contributed by atoms with Crippen LogP contribution < -0.4 is 0 Å². The number of aromatic nitrogens is 5. The summed E-state index contributed by atoms with van der Waals surface area (Å²) in [5, 5.41) is 8.79. The first-order valence-corrected chi connectivity index (χ1v) is 10.3. The van der Waals surface area contributed by atoms with Crippen LogP contribution in [-0.2, 0) is 0 Å². The van der Waals surface area contributed by atoms with Gasteiger partial charge in [0.2, 0.25) is 0 Å². The van der Waals surface area contributed by atoms with Gasteiger partial charge in [0.25, 0.3) is 0 Å². The molecule has 0 radical (unpaired) electrons. The van der Waals surface area contributed by atoms with Gasteiger partial charge in [-0.2, -0.15) is 5.10 Å². The van der Waals surface area contributed by atoms with Crippen LogP contribution in [0.15, 0.2) is 48.0 Å². The summed E-state index contributed by atoms with van der Waals surface area (Å²) in [5.41, 5.74) is 2.68. The van der Waals surface area contributed by atoms with Gasteiger partial charge in [-0.1, -0.05) is 41.0 Å². The summed E-state index contributed by atoms with van der Waals surface area (Å²) in [6.45, 7) is 0. The maximum atomic E-state index is 6.45. The Morgan fingerprint density at radius 3 is 2.69 bits per heavy atom. The Labute approximate surface area is 167 Å². The molecule has 9 heteroatoms. The standard InChI is InChI=1S/C17H11Cl2N5S2/c1-25-17-20-5-4-13(23-17)14-7-11(10-3-2-9(18)6-12(10)19)15(26-14)16-21-8-22-24-16/h2-8H,1H3,(H,21,22,24). The summed E-state index contributed by atoms with van der Waals surface area (Å²) in [4.78, 5) is 15.1. The highest BCUT2D eigenvalue weighted by Gasteiger charge is 2.19. The number of thioether (sulfide) groups is 1. The largest absolute Gasteiger partial charge is 0.259 e. The fourth-order valence-corrected chi connectivity index (χ4v) is 4.45. The molecule has 4 aromatic rings. The Morgan fingerprint density at radius 2 is 1.96 bits per heavy atom. The van der Waals surface area contributed by atoms with Crippen LogP contribution in [0.4, 0.5) is 0 Å². The predicted molar refractivity (Wildman–Crippen MR) is 108 cm³/mol. The molecule has 1 aromatic carbocycles. The van der Waals surface area contributed by atoms with Crippen LogP contribution in [0.25, 0.3) is 32.4 Å². The lowest BCUT2D eigenvalue weighted by Crippen LogP contribution is -1.86. The van der Waals surface area contributed by atoms with Crippen molar-refractivity contribution in [2.45, 2.75) is 5.16 Å². The molecule has 0 aliphatic rings. The summed E-state index contributed by atoms with van der Waals surface area (Å²) >= 11 is 15.6. The maximum Gasteiger partial charge on any atom is 0.187 e. The van der Waals surface area contributed by atoms with Crippen LogP contribution in [0.1, 0.15) is 0 Å². The molecule has 0 amide bonds.